The number of hydrogen-bond donors (Lipinski definition) is 2. The number of amides is 1. The predicted molar refractivity (Wildman–Crippen MR) is 121 cm³/mol. The molecule has 2 aromatic rings. The summed E-state index contributed by atoms with van der Waals surface area (Å²) in [6.07, 6.45) is 7.26. The van der Waals surface area contributed by atoms with Gasteiger partial charge in [-0.2, -0.15) is 0 Å². The number of allylic oxidation sites excluding steroid dienone is 5. The van der Waals surface area contributed by atoms with Gasteiger partial charge in [0.2, 0.25) is 0 Å². The number of nitrogens with zero attached hydrogens (tertiary/aromatic N) is 1. The lowest BCUT2D eigenvalue weighted by molar-refractivity contribution is -0.112. The van der Waals surface area contributed by atoms with Crippen molar-refractivity contribution in [1.29, 1.82) is 0 Å². The summed E-state index contributed by atoms with van der Waals surface area (Å²) >= 11 is 6.23. The average Bonchev–Trinajstić information content (AvgIpc) is 2.74. The van der Waals surface area contributed by atoms with Crippen LogP contribution >= 0.6 is 11.6 Å². The summed E-state index contributed by atoms with van der Waals surface area (Å²) in [6.45, 7) is 5.71. The minimum Gasteiger partial charge on any atom is -0.478 e. The molecule has 2 aromatic carbocycles. The summed E-state index contributed by atoms with van der Waals surface area (Å²) < 4.78 is 0. The molecular weight excluding hydrogens is 400 g/mol. The normalized spacial score (nSPS) is 15.7. The lowest BCUT2D eigenvalue weighted by Crippen LogP contribution is -2.17. The maximum absolute atomic E-state index is 12.7. The molecule has 0 unspecified atom stereocenters. The fourth-order valence-corrected chi connectivity index (χ4v) is 3.08. The SMILES string of the molecule is C=C(N=C1C=CC=C/C1=C(/C)C(=O)Nc1ccc(C(=O)O)cc1)c1ccccc1Cl. The van der Waals surface area contributed by atoms with Crippen LogP contribution in [0, 0.1) is 0 Å². The molecule has 2 N–H and O–H groups in total. The number of carboxylic acid groups (broad SMARTS) is 1. The highest BCUT2D eigenvalue weighted by Crippen LogP contribution is 2.25. The number of carboxylic acids is 1. The van der Waals surface area contributed by atoms with Gasteiger partial charge in [-0.25, -0.2) is 9.79 Å². The van der Waals surface area contributed by atoms with E-state index in [9.17, 15) is 9.59 Å². The van der Waals surface area contributed by atoms with E-state index >= 15 is 0 Å². The van der Waals surface area contributed by atoms with Gasteiger partial charge in [-0.3, -0.25) is 4.79 Å². The zero-order chi connectivity index (χ0) is 21.7. The molecule has 0 spiro atoms. The Hall–Kier alpha value is -3.70. The van der Waals surface area contributed by atoms with E-state index < -0.39 is 5.97 Å². The molecule has 1 amide bonds. The van der Waals surface area contributed by atoms with Crippen LogP contribution in [-0.2, 0) is 4.79 Å². The molecule has 0 saturated heterocycles. The van der Waals surface area contributed by atoms with Crippen molar-refractivity contribution in [2.45, 2.75) is 6.92 Å². The number of carbonyl (C=O) groups excluding carboxylic acids is 1. The maximum atomic E-state index is 12.7. The third kappa shape index (κ3) is 4.82. The van der Waals surface area contributed by atoms with Crippen LogP contribution in [0.25, 0.3) is 5.70 Å². The third-order valence-electron chi connectivity index (χ3n) is 4.48. The summed E-state index contributed by atoms with van der Waals surface area (Å²) in [5, 5.41) is 12.3. The number of aliphatic imine (C=N–C) groups is 1. The molecule has 6 heteroatoms. The van der Waals surface area contributed by atoms with Gasteiger partial charge in [0, 0.05) is 27.4 Å². The Labute approximate surface area is 179 Å². The van der Waals surface area contributed by atoms with E-state index in [2.05, 4.69) is 16.9 Å². The van der Waals surface area contributed by atoms with Crippen LogP contribution in [0.3, 0.4) is 0 Å². The first kappa shape index (κ1) is 21.0. The van der Waals surface area contributed by atoms with E-state index in [1.54, 1.807) is 37.3 Å². The first-order valence-electron chi connectivity index (χ1n) is 9.10. The molecule has 1 aliphatic carbocycles. The fourth-order valence-electron chi connectivity index (χ4n) is 2.83. The number of halogens is 1. The van der Waals surface area contributed by atoms with Crippen LogP contribution in [0.5, 0.6) is 0 Å². The highest BCUT2D eigenvalue weighted by Gasteiger charge is 2.15. The molecule has 150 valence electrons. The minimum atomic E-state index is -1.02. The smallest absolute Gasteiger partial charge is 0.335 e. The van der Waals surface area contributed by atoms with Gasteiger partial charge in [-0.1, -0.05) is 54.6 Å². The van der Waals surface area contributed by atoms with Crippen LogP contribution < -0.4 is 5.32 Å². The van der Waals surface area contributed by atoms with Gasteiger partial charge in [0.05, 0.1) is 17.0 Å². The fraction of sp³-hybridized carbons (Fsp3) is 0.0417. The summed E-state index contributed by atoms with van der Waals surface area (Å²) in [5.41, 5.74) is 3.57. The number of rotatable bonds is 5. The van der Waals surface area contributed by atoms with Crippen LogP contribution in [0.15, 0.2) is 95.6 Å². The Balaban J connectivity index is 1.86. The molecule has 0 radical (unpaired) electrons. The summed E-state index contributed by atoms with van der Waals surface area (Å²) in [7, 11) is 0. The van der Waals surface area contributed by atoms with Crippen molar-refractivity contribution in [3.8, 4) is 0 Å². The highest BCUT2D eigenvalue weighted by molar-refractivity contribution is 6.32. The number of aromatic carboxylic acids is 1. The summed E-state index contributed by atoms with van der Waals surface area (Å²) in [5.74, 6) is -1.34. The molecule has 1 aliphatic rings. The highest BCUT2D eigenvalue weighted by atomic mass is 35.5. The molecular formula is C24H19ClN2O3. The monoisotopic (exact) mass is 418 g/mol. The predicted octanol–water partition coefficient (Wildman–Crippen LogP) is 5.53. The molecule has 0 saturated carbocycles. The summed E-state index contributed by atoms with van der Waals surface area (Å²) in [4.78, 5) is 28.3. The zero-order valence-corrected chi connectivity index (χ0v) is 17.0. The Morgan fingerprint density at radius 2 is 1.70 bits per heavy atom. The van der Waals surface area contributed by atoms with Crippen molar-refractivity contribution in [2.75, 3.05) is 5.32 Å². The quantitative estimate of drug-likeness (QED) is 0.626. The van der Waals surface area contributed by atoms with Crippen molar-refractivity contribution in [1.82, 2.24) is 0 Å². The van der Waals surface area contributed by atoms with Gasteiger partial charge in [0.1, 0.15) is 0 Å². The molecule has 3 rings (SSSR count). The van der Waals surface area contributed by atoms with E-state index in [1.807, 2.05) is 30.4 Å². The van der Waals surface area contributed by atoms with Crippen LogP contribution in [0.1, 0.15) is 22.8 Å². The second-order valence-corrected chi connectivity index (χ2v) is 6.92. The van der Waals surface area contributed by atoms with Crippen LogP contribution in [-0.4, -0.2) is 22.7 Å². The molecule has 0 atom stereocenters. The number of hydrogen-bond acceptors (Lipinski definition) is 3. The van der Waals surface area contributed by atoms with Gasteiger partial charge < -0.3 is 10.4 Å². The van der Waals surface area contributed by atoms with Gasteiger partial charge in [0.15, 0.2) is 0 Å². The summed E-state index contributed by atoms with van der Waals surface area (Å²) in [6, 6.07) is 13.3. The van der Waals surface area contributed by atoms with Gasteiger partial charge in [-0.15, -0.1) is 0 Å². The van der Waals surface area contributed by atoms with E-state index in [0.29, 0.717) is 33.3 Å². The van der Waals surface area contributed by atoms with Crippen LogP contribution in [0.4, 0.5) is 5.69 Å². The Bertz CT molecular complexity index is 1140. The molecule has 0 bridgehead atoms. The molecule has 5 nitrogen and oxygen atoms in total. The Morgan fingerprint density at radius 3 is 2.37 bits per heavy atom. The van der Waals surface area contributed by atoms with E-state index in [-0.39, 0.29) is 11.5 Å². The van der Waals surface area contributed by atoms with E-state index in [4.69, 9.17) is 16.7 Å². The Morgan fingerprint density at radius 1 is 1.03 bits per heavy atom. The zero-order valence-electron chi connectivity index (χ0n) is 16.2. The largest absolute Gasteiger partial charge is 0.478 e. The van der Waals surface area contributed by atoms with Gasteiger partial charge >= 0.3 is 5.97 Å². The van der Waals surface area contributed by atoms with Crippen molar-refractivity contribution >= 4 is 40.6 Å². The molecule has 0 heterocycles. The second-order valence-electron chi connectivity index (χ2n) is 6.52. The van der Waals surface area contributed by atoms with Gasteiger partial charge in [-0.05, 0) is 43.3 Å². The number of anilines is 1. The van der Waals surface area contributed by atoms with Crippen molar-refractivity contribution < 1.29 is 14.7 Å². The molecule has 0 fully saturated rings. The topological polar surface area (TPSA) is 78.8 Å². The van der Waals surface area contributed by atoms with Crippen molar-refractivity contribution in [2.24, 2.45) is 4.99 Å². The molecule has 0 aliphatic heterocycles. The molecule has 0 aromatic heterocycles. The minimum absolute atomic E-state index is 0.149. The van der Waals surface area contributed by atoms with Crippen molar-refractivity contribution in [3.05, 3.63) is 107 Å². The first-order valence-corrected chi connectivity index (χ1v) is 9.48. The van der Waals surface area contributed by atoms with E-state index in [0.717, 1.165) is 5.56 Å². The Kier molecular flexibility index (Phi) is 6.45. The third-order valence-corrected chi connectivity index (χ3v) is 4.81. The maximum Gasteiger partial charge on any atom is 0.335 e. The first-order chi connectivity index (χ1) is 14.4. The van der Waals surface area contributed by atoms with Crippen molar-refractivity contribution in [3.63, 3.8) is 0 Å². The van der Waals surface area contributed by atoms with E-state index in [1.165, 1.54) is 12.1 Å². The number of carbonyl (C=O) groups is 2. The van der Waals surface area contributed by atoms with Gasteiger partial charge in [0.25, 0.3) is 5.91 Å². The number of benzene rings is 2. The lowest BCUT2D eigenvalue weighted by atomic mass is 9.99. The average molecular weight is 419 g/mol. The standard InChI is InChI=1S/C24H19ClN2O3/c1-15(23(28)27-18-13-11-17(12-14-18)24(29)30)19-7-4-6-10-22(19)26-16(2)20-8-3-5-9-21(20)25/h3-14H,2H2,1H3,(H,27,28)(H,29,30)/b19-15+,26-22?. The number of nitrogens with one attached hydrogen (secondary N) is 1. The second kappa shape index (κ2) is 9.20. The lowest BCUT2D eigenvalue weighted by Gasteiger charge is -2.13. The van der Waals surface area contributed by atoms with Crippen LogP contribution in [0.2, 0.25) is 5.02 Å². The molecule has 30 heavy (non-hydrogen) atoms.